The average molecular weight is 670 g/mol. The van der Waals surface area contributed by atoms with E-state index in [0.29, 0.717) is 45.3 Å². The third kappa shape index (κ3) is 6.68. The van der Waals surface area contributed by atoms with Gasteiger partial charge < -0.3 is 24.4 Å². The van der Waals surface area contributed by atoms with E-state index in [4.69, 9.17) is 9.47 Å². The fourth-order valence-corrected chi connectivity index (χ4v) is 8.75. The van der Waals surface area contributed by atoms with E-state index in [1.54, 1.807) is 7.11 Å². The van der Waals surface area contributed by atoms with Gasteiger partial charge >= 0.3 is 6.09 Å². The molecule has 10 heteroatoms. The number of hydrogen-bond acceptors (Lipinski definition) is 7. The lowest BCUT2D eigenvalue weighted by Gasteiger charge is -2.55. The van der Waals surface area contributed by atoms with Crippen molar-refractivity contribution < 1.29 is 24.2 Å². The van der Waals surface area contributed by atoms with Crippen LogP contribution in [0, 0.1) is 18.3 Å². The lowest BCUT2D eigenvalue weighted by atomic mass is 9.51. The number of carbonyl (C=O) groups is 2. The second-order valence-electron chi connectivity index (χ2n) is 15.5. The Hall–Kier alpha value is -3.92. The summed E-state index contributed by atoms with van der Waals surface area (Å²) < 4.78 is 13.2. The van der Waals surface area contributed by atoms with Crippen molar-refractivity contribution in [1.82, 2.24) is 19.7 Å². The zero-order valence-corrected chi connectivity index (χ0v) is 29.4. The fraction of sp³-hybridized carbons (Fsp3) is 0.590. The van der Waals surface area contributed by atoms with E-state index in [1.165, 1.54) is 16.0 Å². The summed E-state index contributed by atoms with van der Waals surface area (Å²) in [7, 11) is 1.73. The molecule has 1 N–H and O–H groups in total. The second kappa shape index (κ2) is 13.4. The molecule has 0 radical (unpaired) electrons. The molecule has 4 aliphatic carbocycles. The number of aryl methyl sites for hydroxylation is 1. The van der Waals surface area contributed by atoms with Gasteiger partial charge in [0.05, 0.1) is 44.4 Å². The van der Waals surface area contributed by atoms with Crippen molar-refractivity contribution in [3.05, 3.63) is 60.2 Å². The Morgan fingerprint density at radius 2 is 1.69 bits per heavy atom. The number of anilines is 1. The topological polar surface area (TPSA) is 110 Å². The summed E-state index contributed by atoms with van der Waals surface area (Å²) in [5.74, 6) is 0.943. The Bertz CT molecular complexity index is 1650. The molecule has 2 bridgehead atoms. The standard InChI is InChI=1S/C39H51N5O5/c1-26(2)44-22-30(20-41-44)29-18-32(21-40-19-29)43(36(46)28-5-8-34(9-6-28)49-37(47)42-23-33(45)24-42)25-38-11-14-39(15-12-38,16-13-38)31-7-10-35(48-4)27(3)17-31/h7,10,17-22,26,28,33-34,45H,5-6,8-9,11-16,23-25H2,1-4H3. The second-order valence-corrected chi connectivity index (χ2v) is 15.5. The quantitative estimate of drug-likeness (QED) is 0.266. The van der Waals surface area contributed by atoms with Gasteiger partial charge in [-0.25, -0.2) is 4.79 Å². The Balaban J connectivity index is 1.10. The van der Waals surface area contributed by atoms with E-state index < -0.39 is 6.10 Å². The Labute approximate surface area is 289 Å². The van der Waals surface area contributed by atoms with Crippen LogP contribution >= 0.6 is 0 Å². The van der Waals surface area contributed by atoms with Crippen molar-refractivity contribution in [2.45, 2.75) is 109 Å². The monoisotopic (exact) mass is 669 g/mol. The smallest absolute Gasteiger partial charge is 0.410 e. The number of fused-ring (bicyclic) bond motifs is 3. The van der Waals surface area contributed by atoms with E-state index in [0.717, 1.165) is 61.1 Å². The minimum atomic E-state index is -0.456. The molecule has 49 heavy (non-hydrogen) atoms. The number of nitrogens with zero attached hydrogens (tertiary/aromatic N) is 5. The van der Waals surface area contributed by atoms with E-state index in [9.17, 15) is 14.7 Å². The van der Waals surface area contributed by atoms with Gasteiger partial charge in [-0.1, -0.05) is 12.1 Å². The normalized spacial score (nSPS) is 26.8. The summed E-state index contributed by atoms with van der Waals surface area (Å²) in [5, 5.41) is 14.1. The number of amides is 2. The van der Waals surface area contributed by atoms with Gasteiger partial charge in [-0.2, -0.15) is 5.10 Å². The highest BCUT2D eigenvalue weighted by atomic mass is 16.6. The highest BCUT2D eigenvalue weighted by molar-refractivity contribution is 5.95. The molecule has 0 atom stereocenters. The van der Waals surface area contributed by atoms with Crippen molar-refractivity contribution in [2.75, 3.05) is 31.6 Å². The first kappa shape index (κ1) is 33.6. The van der Waals surface area contributed by atoms with Crippen LogP contribution in [0.5, 0.6) is 5.75 Å². The maximum atomic E-state index is 14.6. The van der Waals surface area contributed by atoms with Crippen LogP contribution < -0.4 is 9.64 Å². The molecule has 3 heterocycles. The summed E-state index contributed by atoms with van der Waals surface area (Å²) in [5.41, 5.74) is 5.64. The lowest BCUT2D eigenvalue weighted by molar-refractivity contribution is -0.124. The first-order chi connectivity index (χ1) is 23.6. The molecule has 1 aromatic carbocycles. The van der Waals surface area contributed by atoms with E-state index in [1.807, 2.05) is 29.5 Å². The maximum Gasteiger partial charge on any atom is 0.410 e. The molecule has 5 fully saturated rings. The first-order valence-corrected chi connectivity index (χ1v) is 18.2. The van der Waals surface area contributed by atoms with Crippen molar-refractivity contribution >= 4 is 17.7 Å². The van der Waals surface area contributed by atoms with Crippen molar-refractivity contribution in [3.8, 4) is 16.9 Å². The number of aliphatic hydroxyl groups is 1. The molecule has 10 nitrogen and oxygen atoms in total. The van der Waals surface area contributed by atoms with Gasteiger partial charge in [0.2, 0.25) is 5.91 Å². The molecule has 2 amide bonds. The zero-order valence-electron chi connectivity index (χ0n) is 29.4. The zero-order chi connectivity index (χ0) is 34.3. The molecular formula is C39H51N5O5. The van der Waals surface area contributed by atoms with Crippen LogP contribution in [0.15, 0.2) is 49.1 Å². The van der Waals surface area contributed by atoms with E-state index in [2.05, 4.69) is 60.0 Å². The predicted octanol–water partition coefficient (Wildman–Crippen LogP) is 6.84. The maximum absolute atomic E-state index is 14.6. The fourth-order valence-electron chi connectivity index (χ4n) is 8.75. The first-order valence-electron chi connectivity index (χ1n) is 18.2. The van der Waals surface area contributed by atoms with Crippen LogP contribution in [0.2, 0.25) is 0 Å². The Morgan fingerprint density at radius 3 is 2.31 bits per heavy atom. The van der Waals surface area contributed by atoms with Gasteiger partial charge in [-0.3, -0.25) is 14.5 Å². The van der Waals surface area contributed by atoms with Crippen molar-refractivity contribution in [1.29, 1.82) is 0 Å². The number of pyridine rings is 1. The number of aliphatic hydroxyl groups excluding tert-OH is 1. The number of likely N-dealkylation sites (tertiary alicyclic amines) is 1. The molecule has 8 rings (SSSR count). The third-order valence-electron chi connectivity index (χ3n) is 12.1. The Morgan fingerprint density at radius 1 is 0.980 bits per heavy atom. The van der Waals surface area contributed by atoms with E-state index >= 15 is 0 Å². The average Bonchev–Trinajstić information content (AvgIpc) is 3.61. The minimum Gasteiger partial charge on any atom is -0.496 e. The van der Waals surface area contributed by atoms with Crippen LogP contribution in [0.4, 0.5) is 10.5 Å². The molecule has 0 unspecified atom stereocenters. The van der Waals surface area contributed by atoms with Gasteiger partial charge in [0.15, 0.2) is 0 Å². The third-order valence-corrected chi connectivity index (χ3v) is 12.1. The van der Waals surface area contributed by atoms with Crippen molar-refractivity contribution in [2.24, 2.45) is 11.3 Å². The summed E-state index contributed by atoms with van der Waals surface area (Å²) in [4.78, 5) is 35.3. The molecule has 1 aliphatic heterocycles. The number of ether oxygens (including phenoxy) is 2. The van der Waals surface area contributed by atoms with E-state index in [-0.39, 0.29) is 40.9 Å². The molecular weight excluding hydrogens is 618 g/mol. The number of carbonyl (C=O) groups excluding carboxylic acids is 2. The summed E-state index contributed by atoms with van der Waals surface area (Å²) in [6.45, 7) is 7.69. The number of rotatable bonds is 9. The van der Waals surface area contributed by atoms with Crippen LogP contribution in [-0.2, 0) is 14.9 Å². The van der Waals surface area contributed by atoms with Gasteiger partial charge in [0.25, 0.3) is 0 Å². The number of β-amino-alcohol motifs (C(OH)–C–C–N with tert-alkyl or cyclic N) is 1. The molecule has 5 aliphatic rings. The molecule has 4 saturated carbocycles. The highest BCUT2D eigenvalue weighted by Gasteiger charge is 2.51. The summed E-state index contributed by atoms with van der Waals surface area (Å²) in [6.07, 6.45) is 15.9. The van der Waals surface area contributed by atoms with Gasteiger partial charge in [-0.05, 0) is 119 Å². The molecule has 2 aromatic heterocycles. The molecule has 262 valence electrons. The summed E-state index contributed by atoms with van der Waals surface area (Å²) in [6, 6.07) is 9.06. The SMILES string of the molecule is COc1ccc(C23CCC(CN(C(=O)C4CCC(OC(=O)N5CC(O)C5)CC4)c4cncc(-c5cnn(C(C)C)c5)c4)(CC2)CC3)cc1C. The molecule has 0 spiro atoms. The largest absolute Gasteiger partial charge is 0.496 e. The summed E-state index contributed by atoms with van der Waals surface area (Å²) >= 11 is 0. The predicted molar refractivity (Wildman–Crippen MR) is 188 cm³/mol. The van der Waals surface area contributed by atoms with Crippen LogP contribution in [0.3, 0.4) is 0 Å². The minimum absolute atomic E-state index is 0.0615. The van der Waals surface area contributed by atoms with Crippen LogP contribution in [0.25, 0.3) is 11.1 Å². The van der Waals surface area contributed by atoms with Crippen LogP contribution in [-0.4, -0.2) is 75.7 Å². The number of methoxy groups -OCH3 is 1. The van der Waals surface area contributed by atoms with Gasteiger partial charge in [-0.15, -0.1) is 0 Å². The molecule has 3 aromatic rings. The van der Waals surface area contributed by atoms with Crippen molar-refractivity contribution in [3.63, 3.8) is 0 Å². The lowest BCUT2D eigenvalue weighted by Crippen LogP contribution is -2.54. The van der Waals surface area contributed by atoms with Gasteiger partial charge in [0, 0.05) is 42.0 Å². The Kier molecular flexibility index (Phi) is 9.19. The number of hydrogen-bond donors (Lipinski definition) is 1. The number of benzene rings is 1. The van der Waals surface area contributed by atoms with Gasteiger partial charge in [0.1, 0.15) is 11.9 Å². The molecule has 1 saturated heterocycles. The van der Waals surface area contributed by atoms with Crippen LogP contribution in [0.1, 0.15) is 95.2 Å². The highest BCUT2D eigenvalue weighted by Crippen LogP contribution is 2.58. The number of aromatic nitrogens is 3.